The van der Waals surface area contributed by atoms with Crippen molar-refractivity contribution in [3.8, 4) is 5.75 Å². The first kappa shape index (κ1) is 19.3. The van der Waals surface area contributed by atoms with Crippen LogP contribution in [0.4, 0.5) is 0 Å². The number of hydrogen-bond acceptors (Lipinski definition) is 3. The number of aryl methyl sites for hydroxylation is 1. The summed E-state index contributed by atoms with van der Waals surface area (Å²) in [5.74, 6) is -0.0544. The van der Waals surface area contributed by atoms with Crippen molar-refractivity contribution in [3.05, 3.63) is 29.3 Å². The summed E-state index contributed by atoms with van der Waals surface area (Å²) in [7, 11) is 1.64. The van der Waals surface area contributed by atoms with Crippen molar-refractivity contribution >= 4 is 11.9 Å². The molecule has 1 amide bonds. The molecule has 25 heavy (non-hydrogen) atoms. The van der Waals surface area contributed by atoms with E-state index in [0.29, 0.717) is 13.0 Å². The Kier molecular flexibility index (Phi) is 5.76. The number of amides is 1. The molecule has 0 aliphatic heterocycles. The lowest BCUT2D eigenvalue weighted by molar-refractivity contribution is -0.147. The topological polar surface area (TPSA) is 75.6 Å². The van der Waals surface area contributed by atoms with Crippen molar-refractivity contribution in [2.45, 2.75) is 58.3 Å². The van der Waals surface area contributed by atoms with Gasteiger partial charge in [0.15, 0.2) is 0 Å². The van der Waals surface area contributed by atoms with Crippen molar-refractivity contribution in [2.75, 3.05) is 13.7 Å². The van der Waals surface area contributed by atoms with Crippen LogP contribution < -0.4 is 10.1 Å². The van der Waals surface area contributed by atoms with E-state index >= 15 is 0 Å². The highest BCUT2D eigenvalue weighted by molar-refractivity contribution is 5.88. The van der Waals surface area contributed by atoms with E-state index in [4.69, 9.17) is 4.74 Å². The third-order valence-corrected chi connectivity index (χ3v) is 5.47. The SMILES string of the molecule is COc1cc(C2(C(=O)NCCC(C)(C)C(=O)O)CCCC2)ccc1C. The number of aliphatic carboxylic acids is 1. The standard InChI is InChI=1S/C20H29NO4/c1-14-7-8-15(13-16(14)25-4)20(9-5-6-10-20)17(22)21-12-11-19(2,3)18(23)24/h7-8,13H,5-6,9-12H2,1-4H3,(H,21,22)(H,23,24). The van der Waals surface area contributed by atoms with Crippen LogP contribution in [0.2, 0.25) is 0 Å². The zero-order valence-electron chi connectivity index (χ0n) is 15.6. The highest BCUT2D eigenvalue weighted by atomic mass is 16.5. The molecule has 1 aromatic rings. The molecule has 2 N–H and O–H groups in total. The summed E-state index contributed by atoms with van der Waals surface area (Å²) >= 11 is 0. The van der Waals surface area contributed by atoms with Crippen molar-refractivity contribution in [1.82, 2.24) is 5.32 Å². The lowest BCUT2D eigenvalue weighted by Crippen LogP contribution is -2.44. The van der Waals surface area contributed by atoms with E-state index in [2.05, 4.69) is 5.32 Å². The zero-order valence-corrected chi connectivity index (χ0v) is 15.6. The van der Waals surface area contributed by atoms with Crippen LogP contribution >= 0.6 is 0 Å². The molecule has 0 heterocycles. The Bertz CT molecular complexity index is 645. The van der Waals surface area contributed by atoms with E-state index in [1.807, 2.05) is 25.1 Å². The Hall–Kier alpha value is -2.04. The Balaban J connectivity index is 2.17. The molecule has 1 saturated carbocycles. The summed E-state index contributed by atoms with van der Waals surface area (Å²) in [5, 5.41) is 12.2. The van der Waals surface area contributed by atoms with E-state index < -0.39 is 16.8 Å². The van der Waals surface area contributed by atoms with Crippen LogP contribution in [0.3, 0.4) is 0 Å². The van der Waals surface area contributed by atoms with Crippen LogP contribution in [0, 0.1) is 12.3 Å². The van der Waals surface area contributed by atoms with Crippen LogP contribution in [0.1, 0.15) is 57.1 Å². The Labute approximate surface area is 149 Å². The van der Waals surface area contributed by atoms with Crippen molar-refractivity contribution in [2.24, 2.45) is 5.41 Å². The average molecular weight is 347 g/mol. The summed E-state index contributed by atoms with van der Waals surface area (Å²) in [4.78, 5) is 24.2. The highest BCUT2D eigenvalue weighted by Gasteiger charge is 2.43. The predicted molar refractivity (Wildman–Crippen MR) is 96.9 cm³/mol. The van der Waals surface area contributed by atoms with Crippen LogP contribution in [-0.4, -0.2) is 30.6 Å². The maximum absolute atomic E-state index is 13.0. The van der Waals surface area contributed by atoms with Gasteiger partial charge in [-0.05, 0) is 57.2 Å². The van der Waals surface area contributed by atoms with Gasteiger partial charge in [0.05, 0.1) is 17.9 Å². The van der Waals surface area contributed by atoms with Crippen molar-refractivity contribution in [3.63, 3.8) is 0 Å². The smallest absolute Gasteiger partial charge is 0.309 e. The van der Waals surface area contributed by atoms with E-state index in [9.17, 15) is 14.7 Å². The van der Waals surface area contributed by atoms with E-state index in [0.717, 1.165) is 42.6 Å². The van der Waals surface area contributed by atoms with E-state index in [1.54, 1.807) is 21.0 Å². The minimum atomic E-state index is -0.847. The number of carbonyl (C=O) groups is 2. The van der Waals surface area contributed by atoms with Crippen molar-refractivity contribution in [1.29, 1.82) is 0 Å². The number of nitrogens with one attached hydrogen (secondary N) is 1. The molecule has 1 aromatic carbocycles. The van der Waals surface area contributed by atoms with Gasteiger partial charge in [0.1, 0.15) is 5.75 Å². The number of hydrogen-bond donors (Lipinski definition) is 2. The minimum absolute atomic E-state index is 0.00269. The molecule has 1 aliphatic carbocycles. The molecule has 0 radical (unpaired) electrons. The molecule has 0 saturated heterocycles. The van der Waals surface area contributed by atoms with E-state index in [1.165, 1.54) is 0 Å². The quantitative estimate of drug-likeness (QED) is 0.792. The van der Waals surface area contributed by atoms with Gasteiger partial charge in [0.25, 0.3) is 0 Å². The fourth-order valence-corrected chi connectivity index (χ4v) is 3.51. The number of carbonyl (C=O) groups excluding carboxylic acids is 1. The summed E-state index contributed by atoms with van der Waals surface area (Å²) in [5.41, 5.74) is 0.655. The molecule has 5 nitrogen and oxygen atoms in total. The largest absolute Gasteiger partial charge is 0.496 e. The Morgan fingerprint density at radius 1 is 1.28 bits per heavy atom. The lowest BCUT2D eigenvalue weighted by atomic mass is 9.77. The first-order valence-corrected chi connectivity index (χ1v) is 8.90. The number of carboxylic acids is 1. The summed E-state index contributed by atoms with van der Waals surface area (Å²) in [6.45, 7) is 5.70. The van der Waals surface area contributed by atoms with Gasteiger partial charge in [-0.15, -0.1) is 0 Å². The third kappa shape index (κ3) is 3.97. The molecule has 1 aliphatic rings. The van der Waals surface area contributed by atoms with Gasteiger partial charge >= 0.3 is 5.97 Å². The first-order valence-electron chi connectivity index (χ1n) is 8.90. The highest BCUT2D eigenvalue weighted by Crippen LogP contribution is 2.42. The maximum Gasteiger partial charge on any atom is 0.309 e. The fraction of sp³-hybridized carbons (Fsp3) is 0.600. The number of rotatable bonds is 7. The predicted octanol–water partition coefficient (Wildman–Crippen LogP) is 3.43. The molecule has 0 atom stereocenters. The van der Waals surface area contributed by atoms with Crippen molar-refractivity contribution < 1.29 is 19.4 Å². The van der Waals surface area contributed by atoms with Gasteiger partial charge in [-0.2, -0.15) is 0 Å². The molecule has 0 aromatic heterocycles. The van der Waals surface area contributed by atoms with Crippen LogP contribution in [0.5, 0.6) is 5.75 Å². The third-order valence-electron chi connectivity index (χ3n) is 5.47. The second-order valence-electron chi connectivity index (χ2n) is 7.67. The van der Waals surface area contributed by atoms with Crippen LogP contribution in [0.15, 0.2) is 18.2 Å². The number of methoxy groups -OCH3 is 1. The second-order valence-corrected chi connectivity index (χ2v) is 7.67. The fourth-order valence-electron chi connectivity index (χ4n) is 3.51. The average Bonchev–Trinajstić information content (AvgIpc) is 3.06. The summed E-state index contributed by atoms with van der Waals surface area (Å²) < 4.78 is 5.43. The molecule has 0 unspecified atom stereocenters. The summed E-state index contributed by atoms with van der Waals surface area (Å²) in [6.07, 6.45) is 4.07. The molecule has 0 spiro atoms. The summed E-state index contributed by atoms with van der Waals surface area (Å²) in [6, 6.07) is 5.99. The molecular weight excluding hydrogens is 318 g/mol. The van der Waals surface area contributed by atoms with Crippen LogP contribution in [-0.2, 0) is 15.0 Å². The van der Waals surface area contributed by atoms with Gasteiger partial charge in [-0.25, -0.2) is 0 Å². The minimum Gasteiger partial charge on any atom is -0.496 e. The van der Waals surface area contributed by atoms with Gasteiger partial charge < -0.3 is 15.2 Å². The van der Waals surface area contributed by atoms with Gasteiger partial charge in [-0.3, -0.25) is 9.59 Å². The van der Waals surface area contributed by atoms with E-state index in [-0.39, 0.29) is 5.91 Å². The molecular formula is C20H29NO4. The second kappa shape index (κ2) is 7.46. The lowest BCUT2D eigenvalue weighted by Gasteiger charge is -2.29. The first-order chi connectivity index (χ1) is 11.7. The number of ether oxygens (including phenoxy) is 1. The molecule has 1 fully saturated rings. The molecule has 2 rings (SSSR count). The number of benzene rings is 1. The Morgan fingerprint density at radius 3 is 2.48 bits per heavy atom. The van der Waals surface area contributed by atoms with Gasteiger partial charge in [0, 0.05) is 6.54 Å². The molecule has 5 heteroatoms. The maximum atomic E-state index is 13.0. The van der Waals surface area contributed by atoms with Gasteiger partial charge in [-0.1, -0.05) is 25.0 Å². The van der Waals surface area contributed by atoms with Gasteiger partial charge in [0.2, 0.25) is 5.91 Å². The van der Waals surface area contributed by atoms with Crippen LogP contribution in [0.25, 0.3) is 0 Å². The Morgan fingerprint density at radius 2 is 1.92 bits per heavy atom. The zero-order chi connectivity index (χ0) is 18.7. The molecule has 138 valence electrons. The monoisotopic (exact) mass is 347 g/mol. The number of carboxylic acid groups (broad SMARTS) is 1. The normalized spacial score (nSPS) is 16.5. The molecule has 0 bridgehead atoms.